The largest absolute Gasteiger partial charge is 0.493 e. The van der Waals surface area contributed by atoms with Gasteiger partial charge in [-0.2, -0.15) is 0 Å². The Morgan fingerprint density at radius 3 is 2.68 bits per heavy atom. The monoisotopic (exact) mass is 361 g/mol. The zero-order chi connectivity index (χ0) is 18.2. The fraction of sp³-hybridized carbons (Fsp3) is 0.316. The molecule has 0 spiro atoms. The first kappa shape index (κ1) is 18.9. The number of hydrogen-bond acceptors (Lipinski definition) is 3. The quantitative estimate of drug-likeness (QED) is 0.571. The molecule has 0 aliphatic carbocycles. The van der Waals surface area contributed by atoms with Crippen LogP contribution in [-0.4, -0.2) is 19.7 Å². The lowest BCUT2D eigenvalue weighted by Gasteiger charge is -2.12. The summed E-state index contributed by atoms with van der Waals surface area (Å²) < 4.78 is 10.9. The van der Waals surface area contributed by atoms with E-state index in [-0.39, 0.29) is 0 Å². The molecule has 0 saturated carbocycles. The average Bonchev–Trinajstić information content (AvgIpc) is 2.62. The van der Waals surface area contributed by atoms with Gasteiger partial charge < -0.3 is 20.5 Å². The third-order valence-corrected chi connectivity index (χ3v) is 3.90. The Labute approximate surface area is 153 Å². The van der Waals surface area contributed by atoms with Crippen LogP contribution < -0.4 is 20.5 Å². The molecular formula is C19H24ClN3O2. The van der Waals surface area contributed by atoms with Gasteiger partial charge in [0.15, 0.2) is 17.5 Å². The van der Waals surface area contributed by atoms with E-state index >= 15 is 0 Å². The Bertz CT molecular complexity index is 747. The SMILES string of the molecule is CCOc1c(Cl)cc(CN=C(N)Nc2cccc(CC)c2)cc1OC. The van der Waals surface area contributed by atoms with Crippen molar-refractivity contribution in [2.75, 3.05) is 19.0 Å². The first-order chi connectivity index (χ1) is 12.1. The molecule has 0 aromatic heterocycles. The molecule has 0 aliphatic rings. The fourth-order valence-corrected chi connectivity index (χ4v) is 2.67. The second kappa shape index (κ2) is 9.18. The number of rotatable bonds is 7. The van der Waals surface area contributed by atoms with E-state index in [4.69, 9.17) is 26.8 Å². The van der Waals surface area contributed by atoms with Crippen molar-refractivity contribution in [1.29, 1.82) is 0 Å². The minimum Gasteiger partial charge on any atom is -0.493 e. The van der Waals surface area contributed by atoms with Gasteiger partial charge in [0.1, 0.15) is 0 Å². The van der Waals surface area contributed by atoms with Crippen LogP contribution in [0.3, 0.4) is 0 Å². The molecule has 0 bridgehead atoms. The molecule has 25 heavy (non-hydrogen) atoms. The molecule has 2 rings (SSSR count). The van der Waals surface area contributed by atoms with Crippen molar-refractivity contribution in [3.63, 3.8) is 0 Å². The number of nitrogens with one attached hydrogen (secondary N) is 1. The van der Waals surface area contributed by atoms with Crippen molar-refractivity contribution >= 4 is 23.2 Å². The molecule has 0 heterocycles. The first-order valence-electron chi connectivity index (χ1n) is 8.22. The first-order valence-corrected chi connectivity index (χ1v) is 8.60. The average molecular weight is 362 g/mol. The highest BCUT2D eigenvalue weighted by Gasteiger charge is 2.11. The second-order valence-corrected chi connectivity index (χ2v) is 5.83. The van der Waals surface area contributed by atoms with Crippen LogP contribution in [0.2, 0.25) is 5.02 Å². The minimum absolute atomic E-state index is 0.345. The molecule has 5 nitrogen and oxygen atoms in total. The van der Waals surface area contributed by atoms with Gasteiger partial charge in [0, 0.05) is 5.69 Å². The number of benzene rings is 2. The van der Waals surface area contributed by atoms with Gasteiger partial charge in [-0.1, -0.05) is 30.7 Å². The number of ether oxygens (including phenoxy) is 2. The topological polar surface area (TPSA) is 68.9 Å². The van der Waals surface area contributed by atoms with Gasteiger partial charge in [-0.05, 0) is 48.7 Å². The van der Waals surface area contributed by atoms with E-state index < -0.39 is 0 Å². The van der Waals surface area contributed by atoms with Crippen LogP contribution in [0.1, 0.15) is 25.0 Å². The Morgan fingerprint density at radius 2 is 2.00 bits per heavy atom. The summed E-state index contributed by atoms with van der Waals surface area (Å²) >= 11 is 6.27. The number of halogens is 1. The molecule has 0 saturated heterocycles. The highest BCUT2D eigenvalue weighted by Crippen LogP contribution is 2.36. The number of hydrogen-bond donors (Lipinski definition) is 2. The maximum absolute atomic E-state index is 6.27. The van der Waals surface area contributed by atoms with Crippen LogP contribution in [0.5, 0.6) is 11.5 Å². The van der Waals surface area contributed by atoms with Gasteiger partial charge in [-0.25, -0.2) is 4.99 Å². The van der Waals surface area contributed by atoms with Crippen molar-refractivity contribution in [2.24, 2.45) is 10.7 Å². The molecule has 2 aromatic rings. The van der Waals surface area contributed by atoms with E-state index in [1.54, 1.807) is 7.11 Å². The highest BCUT2D eigenvalue weighted by molar-refractivity contribution is 6.32. The summed E-state index contributed by atoms with van der Waals surface area (Å²) in [6, 6.07) is 11.7. The predicted molar refractivity (Wildman–Crippen MR) is 104 cm³/mol. The van der Waals surface area contributed by atoms with Gasteiger partial charge in [0.05, 0.1) is 25.3 Å². The molecule has 0 radical (unpaired) electrons. The molecule has 3 N–H and O–H groups in total. The van der Waals surface area contributed by atoms with E-state index in [1.165, 1.54) is 5.56 Å². The van der Waals surface area contributed by atoms with Crippen LogP contribution >= 0.6 is 11.6 Å². The van der Waals surface area contributed by atoms with E-state index in [9.17, 15) is 0 Å². The van der Waals surface area contributed by atoms with Crippen molar-refractivity contribution in [3.8, 4) is 11.5 Å². The molecule has 6 heteroatoms. The van der Waals surface area contributed by atoms with Crippen LogP contribution in [0.25, 0.3) is 0 Å². The zero-order valence-electron chi connectivity index (χ0n) is 14.8. The van der Waals surface area contributed by atoms with E-state index in [2.05, 4.69) is 29.4 Å². The van der Waals surface area contributed by atoms with Crippen LogP contribution in [0, 0.1) is 0 Å². The smallest absolute Gasteiger partial charge is 0.193 e. The maximum atomic E-state index is 6.27. The van der Waals surface area contributed by atoms with E-state index in [0.717, 1.165) is 17.7 Å². The summed E-state index contributed by atoms with van der Waals surface area (Å²) in [6.45, 7) is 4.91. The van der Waals surface area contributed by atoms with Crippen molar-refractivity contribution in [3.05, 3.63) is 52.5 Å². The number of aliphatic imine (C=N–C) groups is 1. The Balaban J connectivity index is 2.10. The van der Waals surface area contributed by atoms with E-state index in [0.29, 0.717) is 35.6 Å². The lowest BCUT2D eigenvalue weighted by Crippen LogP contribution is -2.22. The van der Waals surface area contributed by atoms with Gasteiger partial charge in [-0.15, -0.1) is 0 Å². The van der Waals surface area contributed by atoms with Crippen LogP contribution in [0.15, 0.2) is 41.4 Å². The summed E-state index contributed by atoms with van der Waals surface area (Å²) in [5.41, 5.74) is 9.02. The van der Waals surface area contributed by atoms with E-state index in [1.807, 2.05) is 31.2 Å². The van der Waals surface area contributed by atoms with Crippen LogP contribution in [-0.2, 0) is 13.0 Å². The van der Waals surface area contributed by atoms with Gasteiger partial charge in [0.25, 0.3) is 0 Å². The molecule has 2 aromatic carbocycles. The Morgan fingerprint density at radius 1 is 1.20 bits per heavy atom. The fourth-order valence-electron chi connectivity index (χ4n) is 2.38. The standard InChI is InChI=1S/C19H24ClN3O2/c1-4-13-7-6-8-15(9-13)23-19(21)22-12-14-10-16(20)18(25-5-2)17(11-14)24-3/h6-11H,4-5,12H2,1-3H3,(H3,21,22,23). The summed E-state index contributed by atoms with van der Waals surface area (Å²) in [6.07, 6.45) is 0.969. The highest BCUT2D eigenvalue weighted by atomic mass is 35.5. The summed E-state index contributed by atoms with van der Waals surface area (Å²) in [5, 5.41) is 3.59. The lowest BCUT2D eigenvalue weighted by atomic mass is 10.1. The number of guanidine groups is 1. The molecule has 0 unspecified atom stereocenters. The Hall–Kier alpha value is -2.40. The molecule has 0 fully saturated rings. The summed E-state index contributed by atoms with van der Waals surface area (Å²) in [7, 11) is 1.58. The second-order valence-electron chi connectivity index (χ2n) is 5.42. The molecule has 134 valence electrons. The number of aryl methyl sites for hydroxylation is 1. The summed E-state index contributed by atoms with van der Waals surface area (Å²) in [4.78, 5) is 4.37. The number of anilines is 1. The number of methoxy groups -OCH3 is 1. The normalized spacial score (nSPS) is 11.3. The maximum Gasteiger partial charge on any atom is 0.193 e. The predicted octanol–water partition coefficient (Wildman–Crippen LogP) is 4.24. The third kappa shape index (κ3) is 5.29. The zero-order valence-corrected chi connectivity index (χ0v) is 15.6. The lowest BCUT2D eigenvalue weighted by molar-refractivity contribution is 0.311. The molecular weight excluding hydrogens is 338 g/mol. The van der Waals surface area contributed by atoms with Gasteiger partial charge >= 0.3 is 0 Å². The molecule has 0 amide bonds. The Kier molecular flexibility index (Phi) is 6.95. The molecule has 0 atom stereocenters. The number of nitrogens with zero attached hydrogens (tertiary/aromatic N) is 1. The van der Waals surface area contributed by atoms with Crippen molar-refractivity contribution in [1.82, 2.24) is 0 Å². The van der Waals surface area contributed by atoms with Crippen molar-refractivity contribution < 1.29 is 9.47 Å². The van der Waals surface area contributed by atoms with Crippen molar-refractivity contribution in [2.45, 2.75) is 26.8 Å². The third-order valence-electron chi connectivity index (χ3n) is 3.62. The summed E-state index contributed by atoms with van der Waals surface area (Å²) in [5.74, 6) is 1.47. The van der Waals surface area contributed by atoms with Crippen LogP contribution in [0.4, 0.5) is 5.69 Å². The van der Waals surface area contributed by atoms with Gasteiger partial charge in [-0.3, -0.25) is 0 Å². The molecule has 0 aliphatic heterocycles. The number of nitrogens with two attached hydrogens (primary N) is 1. The van der Waals surface area contributed by atoms with Gasteiger partial charge in [0.2, 0.25) is 0 Å². The minimum atomic E-state index is 0.345.